The van der Waals surface area contributed by atoms with Crippen LogP contribution in [0.25, 0.3) is 0 Å². The van der Waals surface area contributed by atoms with Crippen LogP contribution in [0.3, 0.4) is 0 Å². The van der Waals surface area contributed by atoms with Gasteiger partial charge in [0.15, 0.2) is 11.6 Å². The average molecular weight is 388 g/mol. The lowest BCUT2D eigenvalue weighted by Gasteiger charge is -2.21. The highest BCUT2D eigenvalue weighted by molar-refractivity contribution is 6.28. The summed E-state index contributed by atoms with van der Waals surface area (Å²) in [5, 5.41) is 0. The molecule has 30 heavy (non-hydrogen) atoms. The molecule has 0 unspecified atom stereocenters. The number of hydrogen-bond donors (Lipinski definition) is 0. The topological polar surface area (TPSA) is 34.1 Å². The van der Waals surface area contributed by atoms with Gasteiger partial charge in [0.05, 0.1) is 0 Å². The first kappa shape index (κ1) is 18.3. The Balaban J connectivity index is 1.65. The van der Waals surface area contributed by atoms with Crippen molar-refractivity contribution >= 4 is 11.6 Å². The first-order valence-electron chi connectivity index (χ1n) is 10.1. The molecule has 2 heteroatoms. The Hall–Kier alpha value is -3.78. The van der Waals surface area contributed by atoms with Gasteiger partial charge in [0.2, 0.25) is 0 Å². The standard InChI is InChI=1S/C28H20O2/c29-27-23-13-7-8-14-24(23)28(30)26-18-22(16-20-11-5-2-6-12-20)21(17-25(26)27)15-19-9-3-1-4-10-19/h1-14,17-18H,15-16H2. The number of carbonyl (C=O) groups excluding carboxylic acids is 2. The molecule has 0 atom stereocenters. The summed E-state index contributed by atoms with van der Waals surface area (Å²) in [7, 11) is 0. The van der Waals surface area contributed by atoms with Crippen molar-refractivity contribution in [1.82, 2.24) is 0 Å². The molecule has 0 heterocycles. The van der Waals surface area contributed by atoms with Crippen LogP contribution in [0.1, 0.15) is 54.1 Å². The first-order valence-corrected chi connectivity index (χ1v) is 10.1. The molecule has 1 aliphatic carbocycles. The highest BCUT2D eigenvalue weighted by atomic mass is 16.1. The number of ketones is 2. The van der Waals surface area contributed by atoms with Crippen LogP contribution in [-0.4, -0.2) is 11.6 Å². The zero-order valence-corrected chi connectivity index (χ0v) is 16.5. The Kier molecular flexibility index (Phi) is 4.61. The van der Waals surface area contributed by atoms with Gasteiger partial charge in [0.1, 0.15) is 0 Å². The molecule has 1 aliphatic rings. The van der Waals surface area contributed by atoms with Crippen molar-refractivity contribution in [3.8, 4) is 0 Å². The maximum atomic E-state index is 13.2. The van der Waals surface area contributed by atoms with Crippen LogP contribution < -0.4 is 0 Å². The number of hydrogen-bond acceptors (Lipinski definition) is 2. The van der Waals surface area contributed by atoms with Gasteiger partial charge in [-0.2, -0.15) is 0 Å². The SMILES string of the molecule is O=C1c2ccccc2C(=O)c2cc(Cc3ccccc3)c(Cc3ccccc3)cc21. The zero-order valence-electron chi connectivity index (χ0n) is 16.5. The minimum Gasteiger partial charge on any atom is -0.289 e. The molecule has 144 valence electrons. The Labute approximate surface area is 175 Å². The van der Waals surface area contributed by atoms with E-state index in [1.54, 1.807) is 12.1 Å². The number of carbonyl (C=O) groups is 2. The minimum absolute atomic E-state index is 0.0687. The van der Waals surface area contributed by atoms with Crippen LogP contribution in [0, 0.1) is 0 Å². The van der Waals surface area contributed by atoms with E-state index in [0.717, 1.165) is 24.0 Å². The normalized spacial score (nSPS) is 12.4. The van der Waals surface area contributed by atoms with Crippen LogP contribution in [0.4, 0.5) is 0 Å². The molecule has 4 aromatic carbocycles. The van der Waals surface area contributed by atoms with Gasteiger partial charge in [-0.3, -0.25) is 9.59 Å². The maximum Gasteiger partial charge on any atom is 0.194 e. The third kappa shape index (κ3) is 3.27. The van der Waals surface area contributed by atoms with E-state index >= 15 is 0 Å². The van der Waals surface area contributed by atoms with E-state index in [9.17, 15) is 9.59 Å². The number of fused-ring (bicyclic) bond motifs is 2. The molecule has 0 N–H and O–H groups in total. The van der Waals surface area contributed by atoms with Crippen LogP contribution in [0.15, 0.2) is 97.1 Å². The van der Waals surface area contributed by atoms with Crippen LogP contribution in [-0.2, 0) is 12.8 Å². The lowest BCUT2D eigenvalue weighted by molar-refractivity contribution is 0.0979. The molecule has 0 spiro atoms. The second-order valence-electron chi connectivity index (χ2n) is 7.70. The molecule has 0 aliphatic heterocycles. The molecule has 0 saturated heterocycles. The highest BCUT2D eigenvalue weighted by Gasteiger charge is 2.30. The number of rotatable bonds is 4. The Morgan fingerprint density at radius 2 is 0.800 bits per heavy atom. The highest BCUT2D eigenvalue weighted by Crippen LogP contribution is 2.31. The summed E-state index contributed by atoms with van der Waals surface area (Å²) in [5.41, 5.74) is 6.56. The molecular weight excluding hydrogens is 368 g/mol. The van der Waals surface area contributed by atoms with Gasteiger partial charge in [0.25, 0.3) is 0 Å². The monoisotopic (exact) mass is 388 g/mol. The summed E-state index contributed by atoms with van der Waals surface area (Å²) in [6.07, 6.45) is 1.44. The van der Waals surface area contributed by atoms with Gasteiger partial charge < -0.3 is 0 Å². The third-order valence-electron chi connectivity index (χ3n) is 5.72. The Morgan fingerprint density at radius 1 is 0.433 bits per heavy atom. The van der Waals surface area contributed by atoms with Crippen LogP contribution in [0.5, 0.6) is 0 Å². The van der Waals surface area contributed by atoms with E-state index in [4.69, 9.17) is 0 Å². The number of benzene rings is 4. The van der Waals surface area contributed by atoms with Gasteiger partial charge in [-0.15, -0.1) is 0 Å². The van der Waals surface area contributed by atoms with E-state index in [1.807, 2.05) is 60.7 Å². The minimum atomic E-state index is -0.0687. The van der Waals surface area contributed by atoms with Crippen LogP contribution >= 0.6 is 0 Å². The first-order chi connectivity index (χ1) is 14.7. The molecule has 4 aromatic rings. The average Bonchev–Trinajstić information content (AvgIpc) is 2.79. The molecule has 2 nitrogen and oxygen atoms in total. The van der Waals surface area contributed by atoms with Gasteiger partial charge in [-0.05, 0) is 47.2 Å². The van der Waals surface area contributed by atoms with Crippen molar-refractivity contribution in [2.45, 2.75) is 12.8 Å². The van der Waals surface area contributed by atoms with Crippen molar-refractivity contribution in [2.75, 3.05) is 0 Å². The lowest BCUT2D eigenvalue weighted by Crippen LogP contribution is -2.22. The molecule has 0 amide bonds. The molecule has 5 rings (SSSR count). The molecule has 0 bridgehead atoms. The summed E-state index contributed by atoms with van der Waals surface area (Å²) < 4.78 is 0. The fourth-order valence-electron chi connectivity index (χ4n) is 4.20. The lowest BCUT2D eigenvalue weighted by atomic mass is 9.80. The second kappa shape index (κ2) is 7.57. The molecule has 0 fully saturated rings. The zero-order chi connectivity index (χ0) is 20.5. The summed E-state index contributed by atoms with van der Waals surface area (Å²) in [6, 6.07) is 31.4. The van der Waals surface area contributed by atoms with E-state index in [2.05, 4.69) is 24.3 Å². The molecular formula is C28H20O2. The summed E-state index contributed by atoms with van der Waals surface area (Å²) in [4.78, 5) is 26.4. The van der Waals surface area contributed by atoms with Crippen molar-refractivity contribution in [1.29, 1.82) is 0 Å². The maximum absolute atomic E-state index is 13.2. The fraction of sp³-hybridized carbons (Fsp3) is 0.0714. The Morgan fingerprint density at radius 3 is 1.20 bits per heavy atom. The van der Waals surface area contributed by atoms with Crippen molar-refractivity contribution in [3.05, 3.63) is 142 Å². The quantitative estimate of drug-likeness (QED) is 0.399. The van der Waals surface area contributed by atoms with Crippen molar-refractivity contribution in [2.24, 2.45) is 0 Å². The van der Waals surface area contributed by atoms with Gasteiger partial charge in [0, 0.05) is 22.3 Å². The summed E-state index contributed by atoms with van der Waals surface area (Å²) in [6.45, 7) is 0. The van der Waals surface area contributed by atoms with Gasteiger partial charge >= 0.3 is 0 Å². The third-order valence-corrected chi connectivity index (χ3v) is 5.72. The van der Waals surface area contributed by atoms with Crippen molar-refractivity contribution < 1.29 is 9.59 Å². The fourth-order valence-corrected chi connectivity index (χ4v) is 4.20. The second-order valence-corrected chi connectivity index (χ2v) is 7.70. The largest absolute Gasteiger partial charge is 0.289 e. The summed E-state index contributed by atoms with van der Waals surface area (Å²) in [5.74, 6) is -0.137. The van der Waals surface area contributed by atoms with E-state index < -0.39 is 0 Å². The van der Waals surface area contributed by atoms with Gasteiger partial charge in [-0.25, -0.2) is 0 Å². The van der Waals surface area contributed by atoms with E-state index in [-0.39, 0.29) is 11.6 Å². The predicted octanol–water partition coefficient (Wildman–Crippen LogP) is 5.64. The molecule has 0 saturated carbocycles. The van der Waals surface area contributed by atoms with E-state index in [0.29, 0.717) is 22.3 Å². The van der Waals surface area contributed by atoms with E-state index in [1.165, 1.54) is 11.1 Å². The van der Waals surface area contributed by atoms with Crippen LogP contribution in [0.2, 0.25) is 0 Å². The smallest absolute Gasteiger partial charge is 0.194 e. The predicted molar refractivity (Wildman–Crippen MR) is 118 cm³/mol. The van der Waals surface area contributed by atoms with Crippen molar-refractivity contribution in [3.63, 3.8) is 0 Å². The Bertz CT molecular complexity index is 1160. The van der Waals surface area contributed by atoms with Gasteiger partial charge in [-0.1, -0.05) is 84.9 Å². The molecule has 0 aromatic heterocycles. The molecule has 0 radical (unpaired) electrons. The summed E-state index contributed by atoms with van der Waals surface area (Å²) >= 11 is 0.